The lowest BCUT2D eigenvalue weighted by Crippen LogP contribution is -2.19. The minimum Gasteiger partial charge on any atom is -0.407 e. The molecule has 126 valence electrons. The minimum atomic E-state index is -0.0855. The van der Waals surface area contributed by atoms with Crippen molar-refractivity contribution in [3.05, 3.63) is 75.0 Å². The second-order valence-corrected chi connectivity index (χ2v) is 6.39. The summed E-state index contributed by atoms with van der Waals surface area (Å²) < 4.78 is 3.35. The Morgan fingerprint density at radius 1 is 1.16 bits per heavy atom. The maximum absolute atomic E-state index is 12.9. The third-order valence-electron chi connectivity index (χ3n) is 4.24. The molecule has 0 saturated heterocycles. The third-order valence-corrected chi connectivity index (χ3v) is 4.47. The molecule has 0 unspecified atom stereocenters. The summed E-state index contributed by atoms with van der Waals surface area (Å²) in [6, 6.07) is 15.1. The van der Waals surface area contributed by atoms with Crippen molar-refractivity contribution in [2.24, 2.45) is 7.05 Å². The Morgan fingerprint density at radius 3 is 2.68 bits per heavy atom. The predicted octanol–water partition coefficient (Wildman–Crippen LogP) is 3.48. The van der Waals surface area contributed by atoms with E-state index in [-0.39, 0.29) is 5.43 Å². The van der Waals surface area contributed by atoms with Crippen LogP contribution in [0.25, 0.3) is 21.9 Å². The molecule has 25 heavy (non-hydrogen) atoms. The zero-order valence-electron chi connectivity index (χ0n) is 13.9. The van der Waals surface area contributed by atoms with Crippen molar-refractivity contribution in [1.29, 1.82) is 0 Å². The second kappa shape index (κ2) is 5.93. The van der Waals surface area contributed by atoms with Gasteiger partial charge in [0.1, 0.15) is 6.61 Å². The zero-order chi connectivity index (χ0) is 17.6. The van der Waals surface area contributed by atoms with Crippen LogP contribution in [0.15, 0.2) is 53.3 Å². The van der Waals surface area contributed by atoms with Gasteiger partial charge < -0.3 is 4.84 Å². The van der Waals surface area contributed by atoms with E-state index in [1.54, 1.807) is 34.7 Å². The van der Waals surface area contributed by atoms with Crippen molar-refractivity contribution in [2.75, 3.05) is 0 Å². The van der Waals surface area contributed by atoms with Gasteiger partial charge in [0.05, 0.1) is 22.0 Å². The number of pyridine rings is 1. The third kappa shape index (κ3) is 2.57. The Kier molecular flexibility index (Phi) is 3.73. The molecule has 0 aliphatic carbocycles. The van der Waals surface area contributed by atoms with E-state index in [9.17, 15) is 4.79 Å². The minimum absolute atomic E-state index is 0.0855. The van der Waals surface area contributed by atoms with Gasteiger partial charge >= 0.3 is 0 Å². The van der Waals surface area contributed by atoms with Crippen LogP contribution in [0.4, 0.5) is 0 Å². The van der Waals surface area contributed by atoms with Gasteiger partial charge in [-0.3, -0.25) is 4.79 Å². The van der Waals surface area contributed by atoms with E-state index in [0.717, 1.165) is 5.56 Å². The standard InChI is InChI=1S/C19H16ClN3O2/c1-12-17-18(24)15-10-14(20)8-9-16(15)23(19(17)22(2)21-12)25-11-13-6-4-3-5-7-13/h3-10H,11H2,1-2H3. The van der Waals surface area contributed by atoms with Crippen LogP contribution in [0.3, 0.4) is 0 Å². The van der Waals surface area contributed by atoms with Gasteiger partial charge in [-0.05, 0) is 30.7 Å². The normalized spacial score (nSPS) is 11.3. The van der Waals surface area contributed by atoms with Crippen LogP contribution < -0.4 is 10.3 Å². The van der Waals surface area contributed by atoms with Crippen LogP contribution in [0, 0.1) is 6.92 Å². The van der Waals surface area contributed by atoms with Crippen LogP contribution in [-0.2, 0) is 13.7 Å². The summed E-state index contributed by atoms with van der Waals surface area (Å²) in [5.74, 6) is 0. The number of fused-ring (bicyclic) bond motifs is 2. The van der Waals surface area contributed by atoms with Crippen LogP contribution in [0.2, 0.25) is 5.02 Å². The van der Waals surface area contributed by atoms with Gasteiger partial charge in [-0.1, -0.05) is 41.9 Å². The highest BCUT2D eigenvalue weighted by Crippen LogP contribution is 2.23. The number of nitrogens with zero attached hydrogens (tertiary/aromatic N) is 3. The van der Waals surface area contributed by atoms with Crippen LogP contribution in [0.1, 0.15) is 11.3 Å². The lowest BCUT2D eigenvalue weighted by atomic mass is 10.1. The fourth-order valence-corrected chi connectivity index (χ4v) is 3.28. The van der Waals surface area contributed by atoms with Crippen LogP contribution >= 0.6 is 11.6 Å². The fourth-order valence-electron chi connectivity index (χ4n) is 3.10. The molecule has 2 aromatic carbocycles. The molecule has 2 aromatic heterocycles. The summed E-state index contributed by atoms with van der Waals surface area (Å²) in [4.78, 5) is 19.0. The number of hydrogen-bond acceptors (Lipinski definition) is 3. The molecule has 2 heterocycles. The van der Waals surface area contributed by atoms with Crippen molar-refractivity contribution >= 4 is 33.5 Å². The molecule has 6 heteroatoms. The van der Waals surface area contributed by atoms with Crippen LogP contribution in [-0.4, -0.2) is 14.5 Å². The molecule has 0 N–H and O–H groups in total. The molecule has 0 amide bonds. The molecule has 0 aliphatic rings. The molecule has 4 aromatic rings. The number of aryl methyl sites for hydroxylation is 2. The molecular weight excluding hydrogens is 338 g/mol. The summed E-state index contributed by atoms with van der Waals surface area (Å²) in [6.45, 7) is 2.20. The van der Waals surface area contributed by atoms with E-state index in [1.165, 1.54) is 0 Å². The van der Waals surface area contributed by atoms with E-state index in [2.05, 4.69) is 5.10 Å². The van der Waals surface area contributed by atoms with E-state index in [4.69, 9.17) is 16.4 Å². The molecule has 4 rings (SSSR count). The summed E-state index contributed by atoms with van der Waals surface area (Å²) in [5, 5.41) is 5.97. The fraction of sp³-hybridized carbons (Fsp3) is 0.158. The molecule has 0 atom stereocenters. The Bertz CT molecular complexity index is 1150. The first-order chi connectivity index (χ1) is 12.1. The van der Waals surface area contributed by atoms with Crippen molar-refractivity contribution in [1.82, 2.24) is 14.5 Å². The van der Waals surface area contributed by atoms with Gasteiger partial charge in [0.15, 0.2) is 5.65 Å². The topological polar surface area (TPSA) is 49.0 Å². The van der Waals surface area contributed by atoms with Crippen molar-refractivity contribution in [2.45, 2.75) is 13.5 Å². The molecule has 0 bridgehead atoms. The average molecular weight is 354 g/mol. The smallest absolute Gasteiger partial charge is 0.201 e. The lowest BCUT2D eigenvalue weighted by Gasteiger charge is -2.15. The van der Waals surface area contributed by atoms with Gasteiger partial charge in [0, 0.05) is 12.1 Å². The molecule has 0 fully saturated rings. The summed E-state index contributed by atoms with van der Waals surface area (Å²) in [6.07, 6.45) is 0. The van der Waals surface area contributed by atoms with Gasteiger partial charge in [-0.15, -0.1) is 0 Å². The maximum atomic E-state index is 12.9. The Morgan fingerprint density at radius 2 is 1.92 bits per heavy atom. The highest BCUT2D eigenvalue weighted by molar-refractivity contribution is 6.31. The summed E-state index contributed by atoms with van der Waals surface area (Å²) in [5.41, 5.74) is 2.92. The van der Waals surface area contributed by atoms with Gasteiger partial charge in [-0.25, -0.2) is 4.68 Å². The molecule has 0 radical (unpaired) electrons. The maximum Gasteiger partial charge on any atom is 0.201 e. The van der Waals surface area contributed by atoms with Crippen molar-refractivity contribution < 1.29 is 4.84 Å². The molecule has 0 saturated carbocycles. The predicted molar refractivity (Wildman–Crippen MR) is 99.0 cm³/mol. The van der Waals surface area contributed by atoms with Crippen molar-refractivity contribution in [3.63, 3.8) is 0 Å². The van der Waals surface area contributed by atoms with Gasteiger partial charge in [0.25, 0.3) is 0 Å². The van der Waals surface area contributed by atoms with E-state index < -0.39 is 0 Å². The monoisotopic (exact) mass is 353 g/mol. The zero-order valence-corrected chi connectivity index (χ0v) is 14.6. The number of halogens is 1. The average Bonchev–Trinajstić information content (AvgIpc) is 2.91. The SMILES string of the molecule is Cc1nn(C)c2c1c(=O)c1cc(Cl)ccc1n2OCc1ccccc1. The molecule has 0 spiro atoms. The first kappa shape index (κ1) is 15.7. The number of aromatic nitrogens is 3. The van der Waals surface area contributed by atoms with E-state index >= 15 is 0 Å². The first-order valence-corrected chi connectivity index (χ1v) is 8.29. The number of hydrogen-bond donors (Lipinski definition) is 0. The molecule has 5 nitrogen and oxygen atoms in total. The van der Waals surface area contributed by atoms with Gasteiger partial charge in [-0.2, -0.15) is 9.83 Å². The number of rotatable bonds is 3. The first-order valence-electron chi connectivity index (χ1n) is 7.91. The Hall–Kier alpha value is -2.79. The largest absolute Gasteiger partial charge is 0.407 e. The Balaban J connectivity index is 1.99. The molecular formula is C19H16ClN3O2. The van der Waals surface area contributed by atoms with Crippen molar-refractivity contribution in [3.8, 4) is 0 Å². The Labute approximate surface area is 149 Å². The lowest BCUT2D eigenvalue weighted by molar-refractivity contribution is 0.113. The van der Waals surface area contributed by atoms with E-state index in [0.29, 0.717) is 39.3 Å². The molecule has 0 aliphatic heterocycles. The second-order valence-electron chi connectivity index (χ2n) is 5.95. The highest BCUT2D eigenvalue weighted by atomic mass is 35.5. The quantitative estimate of drug-likeness (QED) is 0.566. The summed E-state index contributed by atoms with van der Waals surface area (Å²) in [7, 11) is 1.80. The summed E-state index contributed by atoms with van der Waals surface area (Å²) >= 11 is 6.10. The highest BCUT2D eigenvalue weighted by Gasteiger charge is 2.18. The van der Waals surface area contributed by atoms with Crippen LogP contribution in [0.5, 0.6) is 0 Å². The number of benzene rings is 2. The van der Waals surface area contributed by atoms with E-state index in [1.807, 2.05) is 37.3 Å². The van der Waals surface area contributed by atoms with Gasteiger partial charge in [0.2, 0.25) is 5.43 Å².